The van der Waals surface area contributed by atoms with Gasteiger partial charge in [-0.05, 0) is 18.0 Å². The average Bonchev–Trinajstić information content (AvgIpc) is 2.85. The van der Waals surface area contributed by atoms with Crippen LogP contribution in [0.4, 0.5) is 4.79 Å². The Hall–Kier alpha value is -0.910. The summed E-state index contributed by atoms with van der Waals surface area (Å²) in [7, 11) is 0. The third-order valence-electron chi connectivity index (χ3n) is 4.31. The number of hydrogen-bond donors (Lipinski definition) is 0. The molecule has 3 saturated heterocycles. The van der Waals surface area contributed by atoms with Gasteiger partial charge < -0.3 is 0 Å². The number of carbonyl (C=O) groups is 1. The maximum absolute atomic E-state index is 12.3. The molecule has 92 valence electrons. The van der Waals surface area contributed by atoms with Crippen LogP contribution in [0, 0.1) is 0 Å². The summed E-state index contributed by atoms with van der Waals surface area (Å²) in [6.07, 6.45) is 4.93. The van der Waals surface area contributed by atoms with Crippen molar-refractivity contribution in [1.82, 2.24) is 14.7 Å². The summed E-state index contributed by atoms with van der Waals surface area (Å²) in [6.45, 7) is 4.07. The molecule has 0 saturated carbocycles. The molecule has 4 aliphatic rings. The largest absolute Gasteiger partial charge is 0.326 e. The van der Waals surface area contributed by atoms with Crippen LogP contribution in [0.5, 0.6) is 0 Å². The minimum Gasteiger partial charge on any atom is -0.280 e. The van der Waals surface area contributed by atoms with Gasteiger partial charge in [0, 0.05) is 25.9 Å². The van der Waals surface area contributed by atoms with Crippen molar-refractivity contribution >= 4 is 23.0 Å². The van der Waals surface area contributed by atoms with E-state index in [0.717, 1.165) is 39.0 Å². The Balaban J connectivity index is 1.85. The Bertz CT molecular complexity index is 424. The van der Waals surface area contributed by atoms with Gasteiger partial charge in [0.15, 0.2) is 0 Å². The van der Waals surface area contributed by atoms with E-state index in [0.29, 0.717) is 12.3 Å². The molecular formula is C11H17N4OS+. The summed E-state index contributed by atoms with van der Waals surface area (Å²) in [4.78, 5) is 18.9. The molecule has 0 aromatic heterocycles. The van der Waals surface area contributed by atoms with Gasteiger partial charge in [-0.3, -0.25) is 9.80 Å². The molecule has 6 heteroatoms. The van der Waals surface area contributed by atoms with Crippen LogP contribution in [0.1, 0.15) is 12.8 Å². The topological polar surface area (TPSA) is 29.8 Å². The Morgan fingerprint density at radius 2 is 1.94 bits per heavy atom. The zero-order valence-corrected chi connectivity index (χ0v) is 10.8. The van der Waals surface area contributed by atoms with Gasteiger partial charge in [0.05, 0.1) is 13.1 Å². The third-order valence-corrected chi connectivity index (χ3v) is 5.14. The molecule has 4 heterocycles. The average molecular weight is 253 g/mol. The maximum atomic E-state index is 12.3. The highest BCUT2D eigenvalue weighted by Crippen LogP contribution is 2.38. The molecule has 0 bridgehead atoms. The minimum atomic E-state index is 0.259. The Morgan fingerprint density at radius 1 is 1.18 bits per heavy atom. The van der Waals surface area contributed by atoms with E-state index in [1.54, 1.807) is 0 Å². The first-order valence-corrected chi connectivity index (χ1v) is 7.57. The van der Waals surface area contributed by atoms with Gasteiger partial charge in [0.2, 0.25) is 12.3 Å². The fraction of sp³-hybridized carbons (Fsp3) is 0.818. The number of nitrogens with zero attached hydrogens (tertiary/aromatic N) is 4. The summed E-state index contributed by atoms with van der Waals surface area (Å²) in [6, 6.07) is 0.259. The van der Waals surface area contributed by atoms with Gasteiger partial charge >= 0.3 is 11.2 Å². The van der Waals surface area contributed by atoms with Crippen molar-refractivity contribution in [3.8, 4) is 0 Å². The predicted molar refractivity (Wildman–Crippen MR) is 66.0 cm³/mol. The monoisotopic (exact) mass is 253 g/mol. The van der Waals surface area contributed by atoms with Crippen molar-refractivity contribution in [2.24, 2.45) is 0 Å². The van der Waals surface area contributed by atoms with E-state index in [9.17, 15) is 4.79 Å². The summed E-state index contributed by atoms with van der Waals surface area (Å²) in [5.41, 5.74) is 0. The molecule has 0 aliphatic carbocycles. The summed E-state index contributed by atoms with van der Waals surface area (Å²) < 4.78 is 2.45. The van der Waals surface area contributed by atoms with E-state index in [2.05, 4.69) is 25.5 Å². The van der Waals surface area contributed by atoms with Crippen molar-refractivity contribution in [3.05, 3.63) is 0 Å². The molecule has 0 aromatic carbocycles. The number of carbonyl (C=O) groups excluding carboxylic acids is 1. The molecule has 2 atom stereocenters. The van der Waals surface area contributed by atoms with Crippen LogP contribution >= 0.6 is 11.8 Å². The lowest BCUT2D eigenvalue weighted by atomic mass is 10.2. The van der Waals surface area contributed by atoms with Gasteiger partial charge in [-0.1, -0.05) is 0 Å². The molecule has 5 nitrogen and oxygen atoms in total. The lowest BCUT2D eigenvalue weighted by Crippen LogP contribution is -2.52. The van der Waals surface area contributed by atoms with Gasteiger partial charge in [-0.25, -0.2) is 14.3 Å². The van der Waals surface area contributed by atoms with Gasteiger partial charge in [0.25, 0.3) is 0 Å². The third kappa shape index (κ3) is 1.07. The van der Waals surface area contributed by atoms with Crippen LogP contribution < -0.4 is 0 Å². The number of thioether (sulfide) groups is 1. The lowest BCUT2D eigenvalue weighted by Gasteiger charge is -2.31. The van der Waals surface area contributed by atoms with Crippen LogP contribution in [0.2, 0.25) is 0 Å². The van der Waals surface area contributed by atoms with Crippen molar-refractivity contribution in [2.75, 3.05) is 32.4 Å². The fourth-order valence-electron chi connectivity index (χ4n) is 3.73. The number of rotatable bonds is 0. The number of amidine groups is 1. The Kier molecular flexibility index (Phi) is 1.96. The van der Waals surface area contributed by atoms with Crippen molar-refractivity contribution < 1.29 is 9.37 Å². The van der Waals surface area contributed by atoms with E-state index in [-0.39, 0.29) is 6.03 Å². The Morgan fingerprint density at radius 3 is 2.76 bits per heavy atom. The lowest BCUT2D eigenvalue weighted by molar-refractivity contribution is -0.587. The quantitative estimate of drug-likeness (QED) is 0.579. The molecule has 2 amide bonds. The number of hydrogen-bond acceptors (Lipinski definition) is 3. The van der Waals surface area contributed by atoms with Crippen molar-refractivity contribution in [1.29, 1.82) is 0 Å². The standard InChI is InChI=1S/C11H17N4OS/c1-17-11-14-6-2-4-12-8(14)9-13(10(12)16)5-3-7-15(9)11/h8-9H,2-7H2,1H3/q+1. The van der Waals surface area contributed by atoms with Gasteiger partial charge in [0.1, 0.15) is 0 Å². The maximum Gasteiger partial charge on any atom is 0.326 e. The second-order valence-corrected chi connectivity index (χ2v) is 5.85. The van der Waals surface area contributed by atoms with Gasteiger partial charge in [-0.15, -0.1) is 0 Å². The highest BCUT2D eigenvalue weighted by atomic mass is 32.2. The molecule has 17 heavy (non-hydrogen) atoms. The first-order chi connectivity index (χ1) is 8.33. The number of amides is 2. The van der Waals surface area contributed by atoms with Crippen molar-refractivity contribution in [2.45, 2.75) is 25.2 Å². The highest BCUT2D eigenvalue weighted by Gasteiger charge is 2.63. The summed E-state index contributed by atoms with van der Waals surface area (Å²) in [5, 5.41) is 1.38. The molecule has 2 unspecified atom stereocenters. The van der Waals surface area contributed by atoms with Crippen molar-refractivity contribution in [3.63, 3.8) is 0 Å². The first kappa shape index (κ1) is 10.1. The zero-order valence-electron chi connectivity index (χ0n) is 10.0. The molecular weight excluding hydrogens is 236 g/mol. The van der Waals surface area contributed by atoms with E-state index >= 15 is 0 Å². The fourth-order valence-corrected chi connectivity index (χ4v) is 4.60. The second kappa shape index (κ2) is 3.31. The van der Waals surface area contributed by atoms with Gasteiger partial charge in [-0.2, -0.15) is 0 Å². The number of urea groups is 1. The van der Waals surface area contributed by atoms with E-state index < -0.39 is 0 Å². The molecule has 3 fully saturated rings. The summed E-state index contributed by atoms with van der Waals surface area (Å²) in [5.74, 6) is 0. The SMILES string of the molecule is CSC1=[N+]2CCCN3C(=O)N4CCCN1C4C32. The minimum absolute atomic E-state index is 0.259. The summed E-state index contributed by atoms with van der Waals surface area (Å²) >= 11 is 1.83. The molecule has 0 aromatic rings. The normalized spacial score (nSPS) is 34.9. The zero-order chi connectivity index (χ0) is 11.6. The van der Waals surface area contributed by atoms with Crippen LogP contribution in [0.3, 0.4) is 0 Å². The van der Waals surface area contributed by atoms with Crippen LogP contribution in [0.15, 0.2) is 0 Å². The molecule has 0 spiro atoms. The molecule has 4 aliphatic heterocycles. The smallest absolute Gasteiger partial charge is 0.280 e. The first-order valence-electron chi connectivity index (χ1n) is 6.34. The molecule has 0 N–H and O–H groups in total. The van der Waals surface area contributed by atoms with Crippen LogP contribution in [0.25, 0.3) is 0 Å². The van der Waals surface area contributed by atoms with E-state index in [4.69, 9.17) is 0 Å². The predicted octanol–water partition coefficient (Wildman–Crippen LogP) is 0.231. The second-order valence-electron chi connectivity index (χ2n) is 5.08. The van der Waals surface area contributed by atoms with Crippen LogP contribution in [-0.4, -0.2) is 75.2 Å². The Labute approximate surface area is 105 Å². The molecule has 0 radical (unpaired) electrons. The molecule has 4 rings (SSSR count). The van der Waals surface area contributed by atoms with Crippen LogP contribution in [-0.2, 0) is 0 Å². The van der Waals surface area contributed by atoms with E-state index in [1.807, 2.05) is 11.8 Å². The van der Waals surface area contributed by atoms with E-state index in [1.165, 1.54) is 5.17 Å². The highest BCUT2D eigenvalue weighted by molar-refractivity contribution is 8.12.